The van der Waals surface area contributed by atoms with E-state index in [2.05, 4.69) is 5.32 Å². The van der Waals surface area contributed by atoms with Gasteiger partial charge in [0.15, 0.2) is 0 Å². The molecule has 6 nitrogen and oxygen atoms in total. The maximum Gasteiger partial charge on any atom is 0.278 e. The molecule has 0 saturated carbocycles. The molecule has 0 aliphatic carbocycles. The van der Waals surface area contributed by atoms with Gasteiger partial charge in [0.25, 0.3) is 11.8 Å². The van der Waals surface area contributed by atoms with Crippen molar-refractivity contribution in [3.63, 3.8) is 0 Å². The summed E-state index contributed by atoms with van der Waals surface area (Å²) in [5.41, 5.74) is 2.93. The summed E-state index contributed by atoms with van der Waals surface area (Å²) in [6.45, 7) is 8.27. The number of rotatable bonds is 7. The van der Waals surface area contributed by atoms with Crippen LogP contribution in [-0.4, -0.2) is 35.7 Å². The van der Waals surface area contributed by atoms with Gasteiger partial charge in [0, 0.05) is 31.4 Å². The molecule has 2 aromatic carbocycles. The Balaban J connectivity index is 2.12. The molecule has 0 saturated heterocycles. The number of imide groups is 1. The van der Waals surface area contributed by atoms with Gasteiger partial charge in [-0.05, 0) is 42.7 Å². The first kappa shape index (κ1) is 21.3. The maximum atomic E-state index is 13.4. The van der Waals surface area contributed by atoms with E-state index in [0.29, 0.717) is 35.6 Å². The topological polar surface area (TPSA) is 69.7 Å². The molecule has 1 aliphatic heterocycles. The third-order valence-corrected chi connectivity index (χ3v) is 4.84. The number of nitrogens with zero attached hydrogens (tertiary/aromatic N) is 2. The molecule has 1 N–H and O–H groups in total. The number of carbonyl (C=O) groups excluding carboxylic acids is 3. The summed E-state index contributed by atoms with van der Waals surface area (Å²) >= 11 is 0. The Bertz CT molecular complexity index is 979. The van der Waals surface area contributed by atoms with Crippen LogP contribution in [-0.2, 0) is 14.4 Å². The minimum atomic E-state index is -0.287. The van der Waals surface area contributed by atoms with Crippen molar-refractivity contribution in [1.82, 2.24) is 4.90 Å². The van der Waals surface area contributed by atoms with Gasteiger partial charge >= 0.3 is 0 Å². The molecule has 0 radical (unpaired) electrons. The van der Waals surface area contributed by atoms with Gasteiger partial charge in [-0.1, -0.05) is 44.2 Å². The zero-order valence-corrected chi connectivity index (χ0v) is 17.8. The number of hydrogen-bond acceptors (Lipinski definition) is 4. The van der Waals surface area contributed by atoms with Gasteiger partial charge in [0.1, 0.15) is 5.70 Å². The monoisotopic (exact) mass is 405 g/mol. The van der Waals surface area contributed by atoms with Gasteiger partial charge in [0.05, 0.1) is 5.57 Å². The van der Waals surface area contributed by atoms with E-state index < -0.39 is 0 Å². The summed E-state index contributed by atoms with van der Waals surface area (Å²) < 4.78 is 0. The minimum absolute atomic E-state index is 0.160. The van der Waals surface area contributed by atoms with Crippen LogP contribution in [0.15, 0.2) is 60.3 Å². The van der Waals surface area contributed by atoms with Crippen molar-refractivity contribution < 1.29 is 14.4 Å². The summed E-state index contributed by atoms with van der Waals surface area (Å²) in [6.07, 6.45) is 0. The molecule has 2 aromatic rings. The number of hydrogen-bond donors (Lipinski definition) is 1. The lowest BCUT2D eigenvalue weighted by atomic mass is 10.0. The van der Waals surface area contributed by atoms with Crippen molar-refractivity contribution in [2.45, 2.75) is 27.7 Å². The quantitative estimate of drug-likeness (QED) is 0.709. The molecule has 3 rings (SSSR count). The average Bonchev–Trinajstić information content (AvgIpc) is 2.94. The highest BCUT2D eigenvalue weighted by atomic mass is 16.2. The number of benzene rings is 2. The van der Waals surface area contributed by atoms with E-state index in [1.807, 2.05) is 56.0 Å². The zero-order chi connectivity index (χ0) is 21.8. The average molecular weight is 405 g/mol. The Morgan fingerprint density at radius 1 is 1.00 bits per heavy atom. The molecule has 1 aliphatic rings. The Morgan fingerprint density at radius 3 is 2.17 bits per heavy atom. The molecule has 0 bridgehead atoms. The molecule has 0 fully saturated rings. The van der Waals surface area contributed by atoms with Crippen molar-refractivity contribution in [2.75, 3.05) is 23.3 Å². The SMILES string of the molecule is CCN(C1=C(c2ccc(NC(C)=O)cc2)C(=O)N(CC(C)C)C1=O)c1ccccc1. The van der Waals surface area contributed by atoms with Crippen LogP contribution in [0.1, 0.15) is 33.3 Å². The van der Waals surface area contributed by atoms with Crippen LogP contribution in [0.25, 0.3) is 5.57 Å². The molecule has 3 amide bonds. The van der Waals surface area contributed by atoms with Gasteiger partial charge in [-0.15, -0.1) is 0 Å². The number of amides is 3. The summed E-state index contributed by atoms with van der Waals surface area (Å²) in [4.78, 5) is 41.2. The highest BCUT2D eigenvalue weighted by Gasteiger charge is 2.41. The predicted molar refractivity (Wildman–Crippen MR) is 119 cm³/mol. The first-order valence-electron chi connectivity index (χ1n) is 10.1. The van der Waals surface area contributed by atoms with E-state index in [1.54, 1.807) is 24.3 Å². The van der Waals surface area contributed by atoms with Crippen LogP contribution in [0.5, 0.6) is 0 Å². The molecule has 0 spiro atoms. The van der Waals surface area contributed by atoms with Crippen LogP contribution in [0.3, 0.4) is 0 Å². The van der Waals surface area contributed by atoms with Gasteiger partial charge in [0.2, 0.25) is 5.91 Å². The Morgan fingerprint density at radius 2 is 1.63 bits per heavy atom. The minimum Gasteiger partial charge on any atom is -0.337 e. The second-order valence-corrected chi connectivity index (χ2v) is 7.68. The molecule has 0 unspecified atom stereocenters. The number of nitrogens with one attached hydrogen (secondary N) is 1. The van der Waals surface area contributed by atoms with E-state index >= 15 is 0 Å². The Labute approximate surface area is 177 Å². The van der Waals surface area contributed by atoms with Crippen molar-refractivity contribution >= 4 is 34.7 Å². The summed E-state index contributed by atoms with van der Waals surface area (Å²) in [7, 11) is 0. The first-order chi connectivity index (χ1) is 14.3. The normalized spacial score (nSPS) is 14.0. The first-order valence-corrected chi connectivity index (χ1v) is 10.1. The largest absolute Gasteiger partial charge is 0.337 e. The van der Waals surface area contributed by atoms with Crippen molar-refractivity contribution in [3.8, 4) is 0 Å². The highest BCUT2D eigenvalue weighted by molar-refractivity contribution is 6.36. The summed E-state index contributed by atoms with van der Waals surface area (Å²) in [5, 5.41) is 2.72. The highest BCUT2D eigenvalue weighted by Crippen LogP contribution is 2.35. The lowest BCUT2D eigenvalue weighted by Crippen LogP contribution is -2.37. The van der Waals surface area contributed by atoms with E-state index in [-0.39, 0.29) is 23.6 Å². The molecule has 6 heteroatoms. The second kappa shape index (κ2) is 8.95. The fourth-order valence-electron chi connectivity index (χ4n) is 3.61. The molecule has 30 heavy (non-hydrogen) atoms. The molecule has 0 atom stereocenters. The van der Waals surface area contributed by atoms with Gasteiger partial charge < -0.3 is 10.2 Å². The van der Waals surface area contributed by atoms with Crippen LogP contribution >= 0.6 is 0 Å². The van der Waals surface area contributed by atoms with Crippen molar-refractivity contribution in [1.29, 1.82) is 0 Å². The van der Waals surface area contributed by atoms with Crippen LogP contribution in [0.2, 0.25) is 0 Å². The van der Waals surface area contributed by atoms with E-state index in [9.17, 15) is 14.4 Å². The molecule has 1 heterocycles. The van der Waals surface area contributed by atoms with Crippen LogP contribution in [0, 0.1) is 5.92 Å². The Kier molecular flexibility index (Phi) is 6.35. The lowest BCUT2D eigenvalue weighted by Gasteiger charge is -2.25. The summed E-state index contributed by atoms with van der Waals surface area (Å²) in [6, 6.07) is 16.6. The number of anilines is 2. The number of likely N-dealkylation sites (N-methyl/N-ethyl adjacent to an activating group) is 1. The van der Waals surface area contributed by atoms with Crippen molar-refractivity contribution in [2.24, 2.45) is 5.92 Å². The number of carbonyl (C=O) groups is 3. The van der Waals surface area contributed by atoms with Gasteiger partial charge in [-0.25, -0.2) is 0 Å². The van der Waals surface area contributed by atoms with Gasteiger partial charge in [-0.3, -0.25) is 19.3 Å². The second-order valence-electron chi connectivity index (χ2n) is 7.68. The third kappa shape index (κ3) is 4.27. The third-order valence-electron chi connectivity index (χ3n) is 4.84. The van der Waals surface area contributed by atoms with E-state index in [1.165, 1.54) is 11.8 Å². The molecule has 0 aromatic heterocycles. The van der Waals surface area contributed by atoms with E-state index in [4.69, 9.17) is 0 Å². The smallest absolute Gasteiger partial charge is 0.278 e. The van der Waals surface area contributed by atoms with Gasteiger partial charge in [-0.2, -0.15) is 0 Å². The standard InChI is InChI=1S/C24H27N3O3/c1-5-26(20-9-7-6-8-10-20)22-21(23(29)27(24(22)30)15-16(2)3)18-11-13-19(14-12-18)25-17(4)28/h6-14,16H,5,15H2,1-4H3,(H,25,28). The Hall–Kier alpha value is -3.41. The van der Waals surface area contributed by atoms with Crippen molar-refractivity contribution in [3.05, 3.63) is 65.9 Å². The number of para-hydroxylation sites is 1. The van der Waals surface area contributed by atoms with E-state index in [0.717, 1.165) is 5.69 Å². The maximum absolute atomic E-state index is 13.4. The molecular formula is C24H27N3O3. The summed E-state index contributed by atoms with van der Waals surface area (Å²) in [5.74, 6) is -0.572. The fraction of sp³-hybridized carbons (Fsp3) is 0.292. The predicted octanol–water partition coefficient (Wildman–Crippen LogP) is 3.91. The molecular weight excluding hydrogens is 378 g/mol. The fourth-order valence-corrected chi connectivity index (χ4v) is 3.61. The van der Waals surface area contributed by atoms with Crippen LogP contribution < -0.4 is 10.2 Å². The van der Waals surface area contributed by atoms with Crippen LogP contribution in [0.4, 0.5) is 11.4 Å². The zero-order valence-electron chi connectivity index (χ0n) is 17.8. The lowest BCUT2D eigenvalue weighted by molar-refractivity contribution is -0.137. The molecule has 156 valence electrons.